The number of anilines is 1. The van der Waals surface area contributed by atoms with E-state index >= 15 is 0 Å². The van der Waals surface area contributed by atoms with Crippen molar-refractivity contribution in [3.8, 4) is 0 Å². The number of nitrogens with zero attached hydrogens (tertiary/aromatic N) is 1. The molecule has 2 N–H and O–H groups in total. The SMILES string of the molecule is CC(CC(=O)Nc1ccc2nc(C3CCC3)[nH]c2c1)C1CC1. The lowest BCUT2D eigenvalue weighted by Gasteiger charge is -2.22. The molecule has 0 radical (unpaired) electrons. The summed E-state index contributed by atoms with van der Waals surface area (Å²) in [4.78, 5) is 20.2. The topological polar surface area (TPSA) is 57.8 Å². The second kappa shape index (κ2) is 5.41. The molecule has 4 rings (SSSR count). The van der Waals surface area contributed by atoms with Crippen molar-refractivity contribution in [1.29, 1.82) is 0 Å². The van der Waals surface area contributed by atoms with E-state index in [1.54, 1.807) is 0 Å². The highest BCUT2D eigenvalue weighted by Crippen LogP contribution is 2.38. The number of hydrogen-bond acceptors (Lipinski definition) is 2. The van der Waals surface area contributed by atoms with E-state index in [1.165, 1.54) is 32.1 Å². The molecule has 4 nitrogen and oxygen atoms in total. The van der Waals surface area contributed by atoms with E-state index in [9.17, 15) is 4.79 Å². The van der Waals surface area contributed by atoms with Crippen molar-refractivity contribution in [1.82, 2.24) is 9.97 Å². The van der Waals surface area contributed by atoms with Gasteiger partial charge < -0.3 is 10.3 Å². The first-order valence-electron chi connectivity index (χ1n) is 8.48. The van der Waals surface area contributed by atoms with Crippen LogP contribution in [-0.2, 0) is 4.79 Å². The summed E-state index contributed by atoms with van der Waals surface area (Å²) in [6, 6.07) is 5.95. The van der Waals surface area contributed by atoms with Gasteiger partial charge in [-0.2, -0.15) is 0 Å². The van der Waals surface area contributed by atoms with E-state index < -0.39 is 0 Å². The molecule has 116 valence electrons. The fourth-order valence-corrected chi connectivity index (χ4v) is 3.32. The molecule has 1 heterocycles. The summed E-state index contributed by atoms with van der Waals surface area (Å²) >= 11 is 0. The number of aromatic amines is 1. The van der Waals surface area contributed by atoms with Crippen LogP contribution in [0.2, 0.25) is 0 Å². The molecular formula is C18H23N3O. The Hall–Kier alpha value is -1.84. The van der Waals surface area contributed by atoms with Gasteiger partial charge in [0, 0.05) is 18.0 Å². The number of aromatic nitrogens is 2. The van der Waals surface area contributed by atoms with Gasteiger partial charge in [-0.3, -0.25) is 4.79 Å². The van der Waals surface area contributed by atoms with Crippen LogP contribution in [0.3, 0.4) is 0 Å². The van der Waals surface area contributed by atoms with Crippen LogP contribution in [0.4, 0.5) is 5.69 Å². The molecule has 0 saturated heterocycles. The van der Waals surface area contributed by atoms with Crippen molar-refractivity contribution in [2.45, 2.75) is 51.4 Å². The van der Waals surface area contributed by atoms with Crippen LogP contribution in [0.15, 0.2) is 18.2 Å². The van der Waals surface area contributed by atoms with Gasteiger partial charge in [-0.15, -0.1) is 0 Å². The molecule has 0 bridgehead atoms. The van der Waals surface area contributed by atoms with E-state index in [4.69, 9.17) is 0 Å². The smallest absolute Gasteiger partial charge is 0.224 e. The van der Waals surface area contributed by atoms with E-state index in [0.29, 0.717) is 18.3 Å². The number of carbonyl (C=O) groups is 1. The molecule has 2 saturated carbocycles. The normalized spacial score (nSPS) is 19.9. The largest absolute Gasteiger partial charge is 0.342 e. The van der Waals surface area contributed by atoms with Gasteiger partial charge in [0.1, 0.15) is 5.82 Å². The number of benzene rings is 1. The lowest BCUT2D eigenvalue weighted by atomic mass is 9.85. The number of amides is 1. The summed E-state index contributed by atoms with van der Waals surface area (Å²) in [6.07, 6.45) is 6.99. The maximum absolute atomic E-state index is 12.1. The van der Waals surface area contributed by atoms with Crippen molar-refractivity contribution in [2.75, 3.05) is 5.32 Å². The predicted molar refractivity (Wildman–Crippen MR) is 87.8 cm³/mol. The molecule has 1 aromatic carbocycles. The number of hydrogen-bond donors (Lipinski definition) is 2. The third kappa shape index (κ3) is 2.74. The lowest BCUT2D eigenvalue weighted by molar-refractivity contribution is -0.117. The zero-order valence-electron chi connectivity index (χ0n) is 13.1. The van der Waals surface area contributed by atoms with E-state index in [0.717, 1.165) is 28.5 Å². The third-order valence-corrected chi connectivity index (χ3v) is 5.21. The van der Waals surface area contributed by atoms with Crippen molar-refractivity contribution < 1.29 is 4.79 Å². The zero-order valence-corrected chi connectivity index (χ0v) is 13.1. The highest BCUT2D eigenvalue weighted by molar-refractivity contribution is 5.93. The highest BCUT2D eigenvalue weighted by Gasteiger charge is 2.29. The fourth-order valence-electron chi connectivity index (χ4n) is 3.32. The van der Waals surface area contributed by atoms with Crippen LogP contribution < -0.4 is 5.32 Å². The Morgan fingerprint density at radius 3 is 2.86 bits per heavy atom. The Bertz CT molecular complexity index is 697. The first-order valence-corrected chi connectivity index (χ1v) is 8.48. The van der Waals surface area contributed by atoms with Gasteiger partial charge in [0.15, 0.2) is 0 Å². The van der Waals surface area contributed by atoms with Crippen molar-refractivity contribution in [3.63, 3.8) is 0 Å². The van der Waals surface area contributed by atoms with Crippen LogP contribution in [0.25, 0.3) is 11.0 Å². The molecule has 0 aliphatic heterocycles. The summed E-state index contributed by atoms with van der Waals surface area (Å²) in [5.74, 6) is 3.10. The molecule has 2 aliphatic rings. The number of nitrogens with one attached hydrogen (secondary N) is 2. The Morgan fingerprint density at radius 2 is 2.18 bits per heavy atom. The van der Waals surface area contributed by atoms with Crippen molar-refractivity contribution >= 4 is 22.6 Å². The van der Waals surface area contributed by atoms with Crippen LogP contribution in [0, 0.1) is 11.8 Å². The Kier molecular flexibility index (Phi) is 3.40. The first-order chi connectivity index (χ1) is 10.7. The Labute approximate surface area is 130 Å². The summed E-state index contributed by atoms with van der Waals surface area (Å²) in [5, 5.41) is 3.03. The summed E-state index contributed by atoms with van der Waals surface area (Å²) in [6.45, 7) is 2.18. The number of H-pyrrole nitrogens is 1. The fraction of sp³-hybridized carbons (Fsp3) is 0.556. The zero-order chi connectivity index (χ0) is 15.1. The van der Waals surface area contributed by atoms with Crippen molar-refractivity contribution in [2.24, 2.45) is 11.8 Å². The Balaban J connectivity index is 1.45. The minimum Gasteiger partial charge on any atom is -0.342 e. The van der Waals surface area contributed by atoms with Gasteiger partial charge in [0.05, 0.1) is 11.0 Å². The van der Waals surface area contributed by atoms with Gasteiger partial charge in [0.25, 0.3) is 0 Å². The van der Waals surface area contributed by atoms with Crippen LogP contribution in [0.1, 0.15) is 57.2 Å². The summed E-state index contributed by atoms with van der Waals surface area (Å²) < 4.78 is 0. The standard InChI is InChI=1S/C18H23N3O/c1-11(12-5-6-12)9-17(22)19-14-7-8-15-16(10-14)21-18(20-15)13-3-2-4-13/h7-8,10-13H,2-6,9H2,1H3,(H,19,22)(H,20,21). The number of rotatable bonds is 5. The van der Waals surface area contributed by atoms with Gasteiger partial charge >= 0.3 is 0 Å². The molecule has 2 aromatic rings. The summed E-state index contributed by atoms with van der Waals surface area (Å²) in [7, 11) is 0. The average molecular weight is 297 g/mol. The molecule has 2 fully saturated rings. The lowest BCUT2D eigenvalue weighted by Crippen LogP contribution is -2.15. The van der Waals surface area contributed by atoms with E-state index in [2.05, 4.69) is 22.2 Å². The van der Waals surface area contributed by atoms with Crippen LogP contribution in [0.5, 0.6) is 0 Å². The number of carbonyl (C=O) groups excluding carboxylic acids is 1. The molecule has 1 unspecified atom stereocenters. The van der Waals surface area contributed by atoms with Crippen molar-refractivity contribution in [3.05, 3.63) is 24.0 Å². The monoisotopic (exact) mass is 297 g/mol. The maximum atomic E-state index is 12.1. The van der Waals surface area contributed by atoms with Gasteiger partial charge in [-0.05, 0) is 55.7 Å². The highest BCUT2D eigenvalue weighted by atomic mass is 16.1. The Morgan fingerprint density at radius 1 is 1.36 bits per heavy atom. The molecule has 2 aliphatic carbocycles. The quantitative estimate of drug-likeness (QED) is 0.868. The van der Waals surface area contributed by atoms with Crippen LogP contribution in [-0.4, -0.2) is 15.9 Å². The van der Waals surface area contributed by atoms with Crippen LogP contribution >= 0.6 is 0 Å². The van der Waals surface area contributed by atoms with E-state index in [-0.39, 0.29) is 5.91 Å². The molecule has 22 heavy (non-hydrogen) atoms. The van der Waals surface area contributed by atoms with E-state index in [1.807, 2.05) is 18.2 Å². The molecule has 1 amide bonds. The molecule has 0 spiro atoms. The van der Waals surface area contributed by atoms with Gasteiger partial charge in [-0.25, -0.2) is 4.98 Å². The molecule has 4 heteroatoms. The minimum atomic E-state index is 0.123. The molecule has 1 aromatic heterocycles. The summed E-state index contributed by atoms with van der Waals surface area (Å²) in [5.41, 5.74) is 2.88. The number of fused-ring (bicyclic) bond motifs is 1. The second-order valence-corrected chi connectivity index (χ2v) is 7.05. The number of imidazole rings is 1. The van der Waals surface area contributed by atoms with Gasteiger partial charge in [-0.1, -0.05) is 13.3 Å². The molecule has 1 atom stereocenters. The second-order valence-electron chi connectivity index (χ2n) is 7.05. The predicted octanol–water partition coefficient (Wildman–Crippen LogP) is 4.21. The average Bonchev–Trinajstić information content (AvgIpc) is 3.18. The third-order valence-electron chi connectivity index (χ3n) is 5.21. The van der Waals surface area contributed by atoms with Gasteiger partial charge in [0.2, 0.25) is 5.91 Å². The maximum Gasteiger partial charge on any atom is 0.224 e. The first kappa shape index (κ1) is 13.8. The minimum absolute atomic E-state index is 0.123. The molecular weight excluding hydrogens is 274 g/mol.